The Balaban J connectivity index is 1.63. The maximum Gasteiger partial charge on any atom is 0.219 e. The van der Waals surface area contributed by atoms with E-state index in [2.05, 4.69) is 20.5 Å². The number of aliphatic imine (C=N–C) groups is 2. The number of thiocarbonyl (C=S) groups is 1. The van der Waals surface area contributed by atoms with Crippen LogP contribution in [0.15, 0.2) is 64.6 Å². The third-order valence-electron chi connectivity index (χ3n) is 4.99. The molecule has 3 heterocycles. The fourth-order valence-corrected chi connectivity index (χ4v) is 4.53. The van der Waals surface area contributed by atoms with E-state index in [1.54, 1.807) is 7.11 Å². The molecule has 7 nitrogen and oxygen atoms in total. The van der Waals surface area contributed by atoms with Crippen LogP contribution >= 0.6 is 23.6 Å². The van der Waals surface area contributed by atoms with E-state index in [0.717, 1.165) is 38.7 Å². The van der Waals surface area contributed by atoms with Crippen LogP contribution in [-0.4, -0.2) is 40.1 Å². The van der Waals surface area contributed by atoms with Gasteiger partial charge in [-0.3, -0.25) is 9.89 Å². The van der Waals surface area contributed by atoms with E-state index < -0.39 is 0 Å². The van der Waals surface area contributed by atoms with Gasteiger partial charge >= 0.3 is 0 Å². The second-order valence-electron chi connectivity index (χ2n) is 6.87. The van der Waals surface area contributed by atoms with Crippen molar-refractivity contribution in [3.05, 3.63) is 70.7 Å². The zero-order valence-corrected chi connectivity index (χ0v) is 17.9. The van der Waals surface area contributed by atoms with Crippen LogP contribution < -0.4 is 15.0 Å². The average molecular weight is 435 g/mol. The molecule has 0 spiro atoms. The molecule has 0 bridgehead atoms. The Labute approximate surface area is 183 Å². The Kier molecular flexibility index (Phi) is 4.76. The Morgan fingerprint density at radius 2 is 1.83 bits per heavy atom. The standard InChI is InChI=1S/C21H18N6OS2/c1-12-25-26-21(30-12)27-18(14-6-4-3-5-7-14)22-17-16(23-20(29)24-19(17)27)13-8-10-15(28-2)11-9-13/h3-11,16-17H,1-2H3,(H,23,29)/t16-,17-/m1/s1. The summed E-state index contributed by atoms with van der Waals surface area (Å²) in [6, 6.07) is 17.6. The molecule has 2 aliphatic heterocycles. The summed E-state index contributed by atoms with van der Waals surface area (Å²) in [6.45, 7) is 1.93. The molecule has 30 heavy (non-hydrogen) atoms. The van der Waals surface area contributed by atoms with Gasteiger partial charge in [0.1, 0.15) is 28.5 Å². The molecule has 150 valence electrons. The van der Waals surface area contributed by atoms with Crippen molar-refractivity contribution >= 4 is 45.5 Å². The highest BCUT2D eigenvalue weighted by molar-refractivity contribution is 7.80. The molecule has 1 N–H and O–H groups in total. The van der Waals surface area contributed by atoms with Crippen LogP contribution in [0.2, 0.25) is 0 Å². The molecule has 2 aliphatic rings. The van der Waals surface area contributed by atoms with Crippen LogP contribution in [0.5, 0.6) is 5.75 Å². The summed E-state index contributed by atoms with van der Waals surface area (Å²) >= 11 is 6.99. The molecule has 0 unspecified atom stereocenters. The third-order valence-corrected chi connectivity index (χ3v) is 6.02. The lowest BCUT2D eigenvalue weighted by Crippen LogP contribution is -2.47. The van der Waals surface area contributed by atoms with Crippen molar-refractivity contribution in [2.75, 3.05) is 12.0 Å². The summed E-state index contributed by atoms with van der Waals surface area (Å²) in [4.78, 5) is 11.7. The van der Waals surface area contributed by atoms with Crippen molar-refractivity contribution in [2.45, 2.75) is 19.0 Å². The van der Waals surface area contributed by atoms with Gasteiger partial charge in [0.05, 0.1) is 13.2 Å². The lowest BCUT2D eigenvalue weighted by Gasteiger charge is -2.30. The predicted molar refractivity (Wildman–Crippen MR) is 123 cm³/mol. The van der Waals surface area contributed by atoms with Gasteiger partial charge in [0.15, 0.2) is 5.11 Å². The first-order valence-corrected chi connectivity index (χ1v) is 10.6. The summed E-state index contributed by atoms with van der Waals surface area (Å²) < 4.78 is 5.30. The first kappa shape index (κ1) is 18.8. The van der Waals surface area contributed by atoms with Gasteiger partial charge in [-0.05, 0) is 36.8 Å². The summed E-state index contributed by atoms with van der Waals surface area (Å²) in [5.41, 5.74) is 2.05. The number of anilines is 1. The number of hydrogen-bond donors (Lipinski definition) is 1. The Morgan fingerprint density at radius 1 is 1.07 bits per heavy atom. The normalized spacial score (nSPS) is 20.3. The minimum absolute atomic E-state index is 0.145. The molecule has 2 atom stereocenters. The molecule has 0 radical (unpaired) electrons. The van der Waals surface area contributed by atoms with Crippen molar-refractivity contribution in [3.8, 4) is 5.75 Å². The lowest BCUT2D eigenvalue weighted by molar-refractivity contribution is 0.414. The molecule has 0 saturated carbocycles. The number of rotatable bonds is 4. The number of benzene rings is 2. The number of amidine groups is 2. The second-order valence-corrected chi connectivity index (χ2v) is 8.42. The molecular formula is C21H18N6OS2. The largest absolute Gasteiger partial charge is 0.497 e. The Bertz CT molecular complexity index is 1160. The first-order valence-electron chi connectivity index (χ1n) is 9.40. The topological polar surface area (TPSA) is 75.0 Å². The van der Waals surface area contributed by atoms with Gasteiger partial charge in [0, 0.05) is 5.56 Å². The van der Waals surface area contributed by atoms with Crippen LogP contribution in [0, 0.1) is 6.92 Å². The number of nitrogens with zero attached hydrogens (tertiary/aromatic N) is 5. The molecule has 3 aromatic rings. The number of nitrogens with one attached hydrogen (secondary N) is 1. The molecular weight excluding hydrogens is 416 g/mol. The van der Waals surface area contributed by atoms with E-state index in [4.69, 9.17) is 21.9 Å². The first-order chi connectivity index (χ1) is 14.6. The molecule has 2 aromatic carbocycles. The van der Waals surface area contributed by atoms with Gasteiger partial charge in [-0.1, -0.05) is 53.8 Å². The number of fused-ring (bicyclic) bond motifs is 1. The zero-order chi connectivity index (χ0) is 20.7. The summed E-state index contributed by atoms with van der Waals surface area (Å²) in [5, 5.41) is 13.9. The maximum atomic E-state index is 5.49. The molecule has 1 aromatic heterocycles. The highest BCUT2D eigenvalue weighted by atomic mass is 32.1. The van der Waals surface area contributed by atoms with Gasteiger partial charge < -0.3 is 10.1 Å². The summed E-state index contributed by atoms with van der Waals surface area (Å²) in [7, 11) is 1.66. The van der Waals surface area contributed by atoms with E-state index >= 15 is 0 Å². The number of aryl methyl sites for hydroxylation is 1. The van der Waals surface area contributed by atoms with Crippen molar-refractivity contribution in [1.82, 2.24) is 15.5 Å². The van der Waals surface area contributed by atoms with Crippen LogP contribution in [0.1, 0.15) is 22.2 Å². The van der Waals surface area contributed by atoms with Crippen LogP contribution in [0.4, 0.5) is 5.13 Å². The fraction of sp³-hybridized carbons (Fsp3) is 0.190. The van der Waals surface area contributed by atoms with Crippen LogP contribution in [0.25, 0.3) is 0 Å². The summed E-state index contributed by atoms with van der Waals surface area (Å²) in [5.74, 6) is 2.35. The van der Waals surface area contributed by atoms with Crippen molar-refractivity contribution < 1.29 is 4.74 Å². The molecule has 0 fully saturated rings. The molecule has 0 saturated heterocycles. The molecule has 5 rings (SSSR count). The fourth-order valence-electron chi connectivity index (χ4n) is 3.61. The quantitative estimate of drug-likeness (QED) is 0.634. The number of methoxy groups -OCH3 is 1. The van der Waals surface area contributed by atoms with Gasteiger partial charge in [-0.15, -0.1) is 10.2 Å². The van der Waals surface area contributed by atoms with Crippen molar-refractivity contribution in [2.24, 2.45) is 9.98 Å². The number of aromatic nitrogens is 2. The molecule has 9 heteroatoms. The van der Waals surface area contributed by atoms with E-state index in [-0.39, 0.29) is 12.1 Å². The van der Waals surface area contributed by atoms with Gasteiger partial charge in [0.25, 0.3) is 0 Å². The van der Waals surface area contributed by atoms with E-state index in [1.807, 2.05) is 66.4 Å². The van der Waals surface area contributed by atoms with E-state index in [9.17, 15) is 0 Å². The monoisotopic (exact) mass is 434 g/mol. The summed E-state index contributed by atoms with van der Waals surface area (Å²) in [6.07, 6.45) is 0. The SMILES string of the molecule is COc1ccc([C@H]2NC(=S)N=C3[C@@H]2N=C(c2ccccc2)N3c2nnc(C)s2)cc1. The van der Waals surface area contributed by atoms with Crippen LogP contribution in [-0.2, 0) is 0 Å². The van der Waals surface area contributed by atoms with E-state index in [1.165, 1.54) is 11.3 Å². The highest BCUT2D eigenvalue weighted by Gasteiger charge is 2.43. The maximum absolute atomic E-state index is 5.49. The number of hydrogen-bond acceptors (Lipinski definition) is 7. The second kappa shape index (κ2) is 7.58. The van der Waals surface area contributed by atoms with Gasteiger partial charge in [0.2, 0.25) is 5.13 Å². The molecule has 0 aliphatic carbocycles. The predicted octanol–water partition coefficient (Wildman–Crippen LogP) is 3.52. The van der Waals surface area contributed by atoms with E-state index in [0.29, 0.717) is 5.11 Å². The van der Waals surface area contributed by atoms with Crippen molar-refractivity contribution in [1.29, 1.82) is 0 Å². The van der Waals surface area contributed by atoms with Gasteiger partial charge in [-0.25, -0.2) is 4.99 Å². The third kappa shape index (κ3) is 3.25. The average Bonchev–Trinajstić information content (AvgIpc) is 3.37. The molecule has 0 amide bonds. The Hall–Kier alpha value is -3.17. The number of ether oxygens (including phenoxy) is 1. The zero-order valence-electron chi connectivity index (χ0n) is 16.3. The smallest absolute Gasteiger partial charge is 0.219 e. The van der Waals surface area contributed by atoms with Gasteiger partial charge in [-0.2, -0.15) is 0 Å². The Morgan fingerprint density at radius 3 is 2.50 bits per heavy atom. The highest BCUT2D eigenvalue weighted by Crippen LogP contribution is 2.35. The van der Waals surface area contributed by atoms with Crippen LogP contribution in [0.3, 0.4) is 0 Å². The minimum Gasteiger partial charge on any atom is -0.497 e. The van der Waals surface area contributed by atoms with Crippen molar-refractivity contribution in [3.63, 3.8) is 0 Å². The minimum atomic E-state index is -0.246. The lowest BCUT2D eigenvalue weighted by atomic mass is 9.98.